The lowest BCUT2D eigenvalue weighted by atomic mass is 9.93. The summed E-state index contributed by atoms with van der Waals surface area (Å²) in [4.78, 5) is 33.8. The van der Waals surface area contributed by atoms with Crippen molar-refractivity contribution in [2.45, 2.75) is 31.8 Å². The number of thiophene rings is 1. The van der Waals surface area contributed by atoms with Gasteiger partial charge in [0.25, 0.3) is 5.91 Å². The standard InChI is InChI=1S/C29H30FN3O4S/c1-19-17-32(12-13-33(19)29(35)21-5-6-24-25(16-21)37-18-36-24)27(34)8-11-31-10-7-26-23(9-14-38-26)28(31)20-3-2-4-22(30)15-20/h2-6,9,14-16,19,28H,7-8,10-13,17-18H2,1H3/t19-,28-/m1/s1. The van der Waals surface area contributed by atoms with E-state index in [1.165, 1.54) is 16.5 Å². The molecule has 0 aliphatic carbocycles. The van der Waals surface area contributed by atoms with Crippen molar-refractivity contribution in [2.75, 3.05) is 39.5 Å². The Balaban J connectivity index is 1.09. The van der Waals surface area contributed by atoms with Gasteiger partial charge in [-0.3, -0.25) is 14.5 Å². The minimum atomic E-state index is -0.247. The van der Waals surface area contributed by atoms with E-state index in [1.54, 1.807) is 41.7 Å². The lowest BCUT2D eigenvalue weighted by molar-refractivity contribution is -0.134. The number of nitrogens with zero attached hydrogens (tertiary/aromatic N) is 3. The second-order valence-electron chi connectivity index (χ2n) is 10.0. The Morgan fingerprint density at radius 2 is 1.92 bits per heavy atom. The zero-order chi connectivity index (χ0) is 26.2. The number of carbonyl (C=O) groups excluding carboxylic acids is 2. The molecule has 4 heterocycles. The van der Waals surface area contributed by atoms with Gasteiger partial charge in [-0.05, 0) is 66.2 Å². The largest absolute Gasteiger partial charge is 0.454 e. The van der Waals surface area contributed by atoms with Gasteiger partial charge in [0.05, 0.1) is 6.04 Å². The number of piperazine rings is 1. The molecule has 3 aliphatic rings. The summed E-state index contributed by atoms with van der Waals surface area (Å²) < 4.78 is 24.8. The maximum Gasteiger partial charge on any atom is 0.254 e. The van der Waals surface area contributed by atoms with Crippen LogP contribution in [-0.2, 0) is 11.2 Å². The first-order chi connectivity index (χ1) is 18.5. The Hall–Kier alpha value is -3.43. The maximum absolute atomic E-state index is 14.1. The third-order valence-corrected chi connectivity index (χ3v) is 8.70. The van der Waals surface area contributed by atoms with E-state index in [9.17, 15) is 14.0 Å². The second-order valence-corrected chi connectivity index (χ2v) is 11.0. The molecule has 6 rings (SSSR count). The zero-order valence-electron chi connectivity index (χ0n) is 21.3. The third-order valence-electron chi connectivity index (χ3n) is 7.70. The summed E-state index contributed by atoms with van der Waals surface area (Å²) in [7, 11) is 0. The lowest BCUT2D eigenvalue weighted by Crippen LogP contribution is -2.55. The Kier molecular flexibility index (Phi) is 6.80. The number of hydrogen-bond acceptors (Lipinski definition) is 6. The second kappa shape index (κ2) is 10.4. The predicted molar refractivity (Wildman–Crippen MR) is 142 cm³/mol. The fraction of sp³-hybridized carbons (Fsp3) is 0.379. The number of rotatable bonds is 5. The zero-order valence-corrected chi connectivity index (χ0v) is 22.1. The summed E-state index contributed by atoms with van der Waals surface area (Å²) >= 11 is 1.74. The molecule has 0 spiro atoms. The van der Waals surface area contributed by atoms with Gasteiger partial charge in [0, 0.05) is 55.6 Å². The van der Waals surface area contributed by atoms with Gasteiger partial charge in [0.1, 0.15) is 5.82 Å². The molecule has 3 aromatic rings. The molecule has 9 heteroatoms. The SMILES string of the molecule is C[C@@H]1CN(C(=O)CCN2CCc3sccc3[C@H]2c2cccc(F)c2)CCN1C(=O)c1ccc2c(c1)OCO2. The predicted octanol–water partition coefficient (Wildman–Crippen LogP) is 4.33. The topological polar surface area (TPSA) is 62.3 Å². The Bertz CT molecular complexity index is 1360. The van der Waals surface area contributed by atoms with Crippen LogP contribution in [0.4, 0.5) is 4.39 Å². The number of fused-ring (bicyclic) bond motifs is 2. The van der Waals surface area contributed by atoms with Crippen LogP contribution in [0.3, 0.4) is 0 Å². The monoisotopic (exact) mass is 535 g/mol. The van der Waals surface area contributed by atoms with Crippen molar-refractivity contribution >= 4 is 23.2 Å². The highest BCUT2D eigenvalue weighted by atomic mass is 32.1. The van der Waals surface area contributed by atoms with E-state index in [-0.39, 0.29) is 36.5 Å². The normalized spacial score (nSPS) is 20.9. The Morgan fingerprint density at radius 1 is 1.05 bits per heavy atom. The first-order valence-electron chi connectivity index (χ1n) is 13.0. The molecule has 0 unspecified atom stereocenters. The van der Waals surface area contributed by atoms with Gasteiger partial charge in [-0.2, -0.15) is 0 Å². The number of ether oxygens (including phenoxy) is 2. The molecule has 2 amide bonds. The van der Waals surface area contributed by atoms with Crippen molar-refractivity contribution in [3.8, 4) is 11.5 Å². The smallest absolute Gasteiger partial charge is 0.254 e. The van der Waals surface area contributed by atoms with Gasteiger partial charge in [0.2, 0.25) is 12.7 Å². The average Bonchev–Trinajstić information content (AvgIpc) is 3.60. The van der Waals surface area contributed by atoms with Crippen LogP contribution < -0.4 is 9.47 Å². The molecule has 38 heavy (non-hydrogen) atoms. The summed E-state index contributed by atoms with van der Waals surface area (Å²) in [5.74, 6) is 1.000. The van der Waals surface area contributed by atoms with Gasteiger partial charge in [-0.1, -0.05) is 12.1 Å². The number of carbonyl (C=O) groups is 2. The molecule has 1 aromatic heterocycles. The highest BCUT2D eigenvalue weighted by Gasteiger charge is 2.33. The Morgan fingerprint density at radius 3 is 2.76 bits per heavy atom. The minimum absolute atomic E-state index is 0.0522. The van der Waals surface area contributed by atoms with E-state index in [0.29, 0.717) is 49.7 Å². The van der Waals surface area contributed by atoms with Gasteiger partial charge in [-0.25, -0.2) is 4.39 Å². The molecule has 1 saturated heterocycles. The molecule has 1 fully saturated rings. The van der Waals surface area contributed by atoms with Crippen molar-refractivity contribution in [1.82, 2.24) is 14.7 Å². The van der Waals surface area contributed by atoms with E-state index in [1.807, 2.05) is 22.8 Å². The summed E-state index contributed by atoms with van der Waals surface area (Å²) in [6.07, 6.45) is 1.32. The molecule has 2 aromatic carbocycles. The van der Waals surface area contributed by atoms with Gasteiger partial charge in [-0.15, -0.1) is 11.3 Å². The van der Waals surface area contributed by atoms with Gasteiger partial charge >= 0.3 is 0 Å². The van der Waals surface area contributed by atoms with Crippen LogP contribution in [-0.4, -0.2) is 72.1 Å². The number of benzene rings is 2. The van der Waals surface area contributed by atoms with E-state index in [4.69, 9.17) is 9.47 Å². The first-order valence-corrected chi connectivity index (χ1v) is 13.9. The summed E-state index contributed by atoms with van der Waals surface area (Å²) in [5.41, 5.74) is 2.69. The van der Waals surface area contributed by atoms with Crippen LogP contribution in [0.1, 0.15) is 45.7 Å². The van der Waals surface area contributed by atoms with Gasteiger partial charge < -0.3 is 19.3 Å². The molecule has 0 radical (unpaired) electrons. The van der Waals surface area contributed by atoms with Crippen LogP contribution in [0, 0.1) is 5.82 Å². The third kappa shape index (κ3) is 4.76. The summed E-state index contributed by atoms with van der Waals surface area (Å²) in [5, 5.41) is 2.09. The first kappa shape index (κ1) is 24.9. The Labute approximate surface area is 225 Å². The quantitative estimate of drug-likeness (QED) is 0.487. The number of hydrogen-bond donors (Lipinski definition) is 0. The molecule has 2 atom stereocenters. The van der Waals surface area contributed by atoms with Gasteiger partial charge in [0.15, 0.2) is 11.5 Å². The minimum Gasteiger partial charge on any atom is -0.454 e. The van der Waals surface area contributed by atoms with Crippen LogP contribution in [0.25, 0.3) is 0 Å². The fourth-order valence-electron chi connectivity index (χ4n) is 5.75. The molecule has 3 aliphatic heterocycles. The molecule has 0 bridgehead atoms. The summed E-state index contributed by atoms with van der Waals surface area (Å²) in [6.45, 7) is 5.05. The van der Waals surface area contributed by atoms with E-state index in [2.05, 4.69) is 16.3 Å². The van der Waals surface area contributed by atoms with E-state index >= 15 is 0 Å². The van der Waals surface area contributed by atoms with Crippen molar-refractivity contribution in [3.63, 3.8) is 0 Å². The summed E-state index contributed by atoms with van der Waals surface area (Å²) in [6, 6.07) is 14.0. The molecule has 0 saturated carbocycles. The van der Waals surface area contributed by atoms with Crippen molar-refractivity contribution < 1.29 is 23.5 Å². The maximum atomic E-state index is 14.1. The van der Waals surface area contributed by atoms with Crippen LogP contribution in [0.5, 0.6) is 11.5 Å². The van der Waals surface area contributed by atoms with Crippen LogP contribution in [0.2, 0.25) is 0 Å². The van der Waals surface area contributed by atoms with Crippen molar-refractivity contribution in [2.24, 2.45) is 0 Å². The molecular weight excluding hydrogens is 505 g/mol. The molecule has 7 nitrogen and oxygen atoms in total. The number of halogens is 1. The lowest BCUT2D eigenvalue weighted by Gasteiger charge is -2.41. The highest BCUT2D eigenvalue weighted by Crippen LogP contribution is 2.38. The molecule has 0 N–H and O–H groups in total. The van der Waals surface area contributed by atoms with Crippen LogP contribution in [0.15, 0.2) is 53.9 Å². The van der Waals surface area contributed by atoms with E-state index < -0.39 is 0 Å². The highest BCUT2D eigenvalue weighted by molar-refractivity contribution is 7.10. The molecule has 198 valence electrons. The average molecular weight is 536 g/mol. The van der Waals surface area contributed by atoms with Crippen molar-refractivity contribution in [1.29, 1.82) is 0 Å². The fourth-order valence-corrected chi connectivity index (χ4v) is 6.66. The van der Waals surface area contributed by atoms with Crippen LogP contribution >= 0.6 is 11.3 Å². The molecular formula is C29H30FN3O4S. The van der Waals surface area contributed by atoms with E-state index in [0.717, 1.165) is 18.5 Å². The number of amides is 2. The van der Waals surface area contributed by atoms with Crippen molar-refractivity contribution in [3.05, 3.63) is 81.3 Å².